The van der Waals surface area contributed by atoms with Crippen molar-refractivity contribution >= 4 is 17.6 Å². The summed E-state index contributed by atoms with van der Waals surface area (Å²) < 4.78 is 12.4. The summed E-state index contributed by atoms with van der Waals surface area (Å²) in [6.07, 6.45) is 0.698. The lowest BCUT2D eigenvalue weighted by Gasteiger charge is -2.37. The Labute approximate surface area is 208 Å². The molecule has 178 valence electrons. The fraction of sp³-hybridized carbons (Fsp3) is 0.133. The van der Waals surface area contributed by atoms with Crippen LogP contribution in [0.25, 0.3) is 0 Å². The molecule has 6 heteroatoms. The van der Waals surface area contributed by atoms with Gasteiger partial charge in [0, 0.05) is 48.0 Å². The van der Waals surface area contributed by atoms with Gasteiger partial charge in [-0.15, -0.1) is 0 Å². The molecule has 0 fully saturated rings. The highest BCUT2D eigenvalue weighted by Crippen LogP contribution is 2.56. The molecule has 1 atom stereocenters. The van der Waals surface area contributed by atoms with Gasteiger partial charge in [0.15, 0.2) is 5.60 Å². The van der Waals surface area contributed by atoms with Gasteiger partial charge in [0.1, 0.15) is 17.2 Å². The fourth-order valence-electron chi connectivity index (χ4n) is 5.18. The Morgan fingerprint density at radius 3 is 2.33 bits per heavy atom. The molecule has 1 amide bonds. The molecule has 0 radical (unpaired) electrons. The van der Waals surface area contributed by atoms with Crippen molar-refractivity contribution in [1.82, 2.24) is 0 Å². The Hall–Kier alpha value is -4.58. The number of amides is 1. The first-order valence-electron chi connectivity index (χ1n) is 11.8. The van der Waals surface area contributed by atoms with Crippen LogP contribution < -0.4 is 9.64 Å². The molecule has 0 saturated heterocycles. The molecule has 2 aliphatic heterocycles. The molecule has 0 saturated carbocycles. The highest BCUT2D eigenvalue weighted by Gasteiger charge is 2.53. The lowest BCUT2D eigenvalue weighted by Crippen LogP contribution is -2.34. The molecule has 4 aromatic rings. The maximum absolute atomic E-state index is 12.9. The van der Waals surface area contributed by atoms with Crippen molar-refractivity contribution < 1.29 is 24.2 Å². The van der Waals surface area contributed by atoms with Crippen LogP contribution in [0.2, 0.25) is 0 Å². The second-order valence-corrected chi connectivity index (χ2v) is 8.99. The van der Waals surface area contributed by atoms with E-state index in [2.05, 4.69) is 0 Å². The number of nitrogens with zero attached hydrogens (tertiary/aromatic N) is 1. The predicted octanol–water partition coefficient (Wildman–Crippen LogP) is 5.56. The zero-order valence-corrected chi connectivity index (χ0v) is 19.6. The number of esters is 1. The van der Waals surface area contributed by atoms with E-state index in [1.807, 2.05) is 54.6 Å². The number of aromatic hydroxyl groups is 1. The van der Waals surface area contributed by atoms with Gasteiger partial charge in [-0.05, 0) is 42.3 Å². The minimum Gasteiger partial charge on any atom is -0.508 e. The van der Waals surface area contributed by atoms with Crippen LogP contribution in [0.1, 0.15) is 39.5 Å². The van der Waals surface area contributed by atoms with Crippen molar-refractivity contribution in [1.29, 1.82) is 0 Å². The van der Waals surface area contributed by atoms with Crippen molar-refractivity contribution in [2.24, 2.45) is 0 Å². The van der Waals surface area contributed by atoms with E-state index in [1.54, 1.807) is 35.2 Å². The molecule has 2 aliphatic rings. The summed E-state index contributed by atoms with van der Waals surface area (Å²) in [5.41, 5.74) is 3.09. The average Bonchev–Trinajstić information content (AvgIpc) is 3.17. The molecule has 6 rings (SSSR count). The largest absolute Gasteiger partial charge is 0.508 e. The minimum absolute atomic E-state index is 0.0364. The van der Waals surface area contributed by atoms with Gasteiger partial charge in [0.05, 0.1) is 5.56 Å². The van der Waals surface area contributed by atoms with Gasteiger partial charge in [-0.3, -0.25) is 4.79 Å². The summed E-state index contributed by atoms with van der Waals surface area (Å²) in [6, 6.07) is 27.6. The number of carbonyl (C=O) groups excluding carboxylic acids is 2. The zero-order valence-electron chi connectivity index (χ0n) is 19.6. The molecule has 1 unspecified atom stereocenters. The van der Waals surface area contributed by atoms with E-state index >= 15 is 0 Å². The number of carbonyl (C=O) groups is 2. The second-order valence-electron chi connectivity index (χ2n) is 8.99. The smallest absolute Gasteiger partial charge is 0.340 e. The Kier molecular flexibility index (Phi) is 5.04. The topological polar surface area (TPSA) is 76.1 Å². The molecular weight excluding hydrogens is 454 g/mol. The molecule has 1 N–H and O–H groups in total. The number of fused-ring (bicyclic) bond motifs is 6. The summed E-state index contributed by atoms with van der Waals surface area (Å²) in [7, 11) is 0. The van der Waals surface area contributed by atoms with E-state index in [4.69, 9.17) is 9.47 Å². The van der Waals surface area contributed by atoms with Gasteiger partial charge in [0.2, 0.25) is 5.91 Å². The molecule has 0 bridgehead atoms. The molecular formula is C30H23NO5. The Morgan fingerprint density at radius 1 is 0.861 bits per heavy atom. The van der Waals surface area contributed by atoms with Crippen molar-refractivity contribution in [2.75, 3.05) is 11.4 Å². The highest BCUT2D eigenvalue weighted by molar-refractivity contribution is 5.97. The van der Waals surface area contributed by atoms with Crippen molar-refractivity contribution in [3.8, 4) is 17.2 Å². The fourth-order valence-corrected chi connectivity index (χ4v) is 5.18. The molecule has 1 spiro atoms. The molecule has 2 heterocycles. The number of hydrogen-bond donors (Lipinski definition) is 1. The van der Waals surface area contributed by atoms with Crippen LogP contribution >= 0.6 is 0 Å². The molecule has 36 heavy (non-hydrogen) atoms. The number of benzene rings is 4. The zero-order chi connectivity index (χ0) is 24.9. The quantitative estimate of drug-likeness (QED) is 0.390. The minimum atomic E-state index is -1.21. The third-order valence-electron chi connectivity index (χ3n) is 6.84. The van der Waals surface area contributed by atoms with E-state index in [-0.39, 0.29) is 11.7 Å². The first-order chi connectivity index (χ1) is 17.5. The summed E-state index contributed by atoms with van der Waals surface area (Å²) in [5.74, 6) is 0.375. The van der Waals surface area contributed by atoms with E-state index < -0.39 is 11.6 Å². The van der Waals surface area contributed by atoms with Crippen LogP contribution in [0, 0.1) is 0 Å². The number of ether oxygens (including phenoxy) is 2. The first kappa shape index (κ1) is 21.9. The summed E-state index contributed by atoms with van der Waals surface area (Å²) >= 11 is 0. The summed E-state index contributed by atoms with van der Waals surface area (Å²) in [5, 5.41) is 10.2. The van der Waals surface area contributed by atoms with Gasteiger partial charge in [0.25, 0.3) is 0 Å². The lowest BCUT2D eigenvalue weighted by molar-refractivity contribution is -0.116. The molecule has 0 aliphatic carbocycles. The van der Waals surface area contributed by atoms with E-state index in [0.717, 1.165) is 5.56 Å². The molecule has 6 nitrogen and oxygen atoms in total. The van der Waals surface area contributed by atoms with Crippen molar-refractivity contribution in [3.63, 3.8) is 0 Å². The van der Waals surface area contributed by atoms with Crippen LogP contribution in [0.15, 0.2) is 91.0 Å². The number of hydrogen-bond acceptors (Lipinski definition) is 5. The number of rotatable bonds is 4. The van der Waals surface area contributed by atoms with Crippen LogP contribution in [0.3, 0.4) is 0 Å². The van der Waals surface area contributed by atoms with E-state index in [1.165, 1.54) is 13.0 Å². The third-order valence-corrected chi connectivity index (χ3v) is 6.84. The normalized spacial score (nSPS) is 17.0. The maximum Gasteiger partial charge on any atom is 0.340 e. The Balaban J connectivity index is 1.47. The Bertz CT molecular complexity index is 1510. The number of phenols is 1. The predicted molar refractivity (Wildman–Crippen MR) is 135 cm³/mol. The second kappa shape index (κ2) is 8.27. The standard InChI is InChI=1S/C30H23NO5/c1-19(32)31(16-15-20-7-3-2-4-8-20)21-11-13-25-27(17-21)35-28-18-22(33)12-14-26(28)30(25)24-10-6-5-9-23(24)29(34)36-30/h2-14,17-18,33H,15-16H2,1H3. The monoisotopic (exact) mass is 477 g/mol. The summed E-state index contributed by atoms with van der Waals surface area (Å²) in [4.78, 5) is 27.3. The first-order valence-corrected chi connectivity index (χ1v) is 11.8. The van der Waals surface area contributed by atoms with E-state index in [9.17, 15) is 14.7 Å². The van der Waals surface area contributed by atoms with Crippen LogP contribution in [0.4, 0.5) is 5.69 Å². The van der Waals surface area contributed by atoms with Crippen molar-refractivity contribution in [3.05, 3.63) is 119 Å². The van der Waals surface area contributed by atoms with Gasteiger partial charge in [-0.2, -0.15) is 0 Å². The van der Waals surface area contributed by atoms with Crippen LogP contribution in [0.5, 0.6) is 17.2 Å². The van der Waals surface area contributed by atoms with Gasteiger partial charge < -0.3 is 19.5 Å². The maximum atomic E-state index is 12.9. The van der Waals surface area contributed by atoms with Gasteiger partial charge in [-0.1, -0.05) is 48.5 Å². The lowest BCUT2D eigenvalue weighted by atomic mass is 9.77. The SMILES string of the molecule is CC(=O)N(CCc1ccccc1)c1ccc2c(c1)Oc1cc(O)ccc1C21OC(=O)c2ccccc21. The van der Waals surface area contributed by atoms with Crippen LogP contribution in [-0.2, 0) is 21.6 Å². The molecule has 4 aromatic carbocycles. The van der Waals surface area contributed by atoms with E-state index in [0.29, 0.717) is 52.4 Å². The van der Waals surface area contributed by atoms with Gasteiger partial charge >= 0.3 is 5.97 Å². The van der Waals surface area contributed by atoms with Crippen molar-refractivity contribution in [2.45, 2.75) is 18.9 Å². The Morgan fingerprint density at radius 2 is 1.56 bits per heavy atom. The van der Waals surface area contributed by atoms with Crippen LogP contribution in [-0.4, -0.2) is 23.5 Å². The molecule has 0 aromatic heterocycles. The number of anilines is 1. The van der Waals surface area contributed by atoms with Gasteiger partial charge in [-0.25, -0.2) is 4.79 Å². The third kappa shape index (κ3) is 3.33. The average molecular weight is 478 g/mol. The number of phenolic OH excluding ortho intramolecular Hbond substituents is 1. The summed E-state index contributed by atoms with van der Waals surface area (Å²) in [6.45, 7) is 2.04. The highest BCUT2D eigenvalue weighted by atomic mass is 16.6.